The molecule has 1 heterocycles. The number of aliphatic hydroxyl groups excluding tert-OH is 1. The number of hydrogen-bond acceptors (Lipinski definition) is 4. The van der Waals surface area contributed by atoms with E-state index in [1.54, 1.807) is 27.8 Å². The third kappa shape index (κ3) is 4.22. The minimum Gasteiger partial charge on any atom is -0.444 e. The van der Waals surface area contributed by atoms with Gasteiger partial charge in [0.1, 0.15) is 11.6 Å². The van der Waals surface area contributed by atoms with Crippen LogP contribution in [-0.2, 0) is 9.53 Å². The third-order valence-electron chi connectivity index (χ3n) is 3.67. The maximum Gasteiger partial charge on any atom is 0.411 e. The lowest BCUT2D eigenvalue weighted by Gasteiger charge is -2.30. The van der Waals surface area contributed by atoms with Gasteiger partial charge in [0.15, 0.2) is 0 Å². The number of amides is 2. The predicted octanol–water partition coefficient (Wildman–Crippen LogP) is 2.02. The zero-order valence-electron chi connectivity index (χ0n) is 14.0. The molecule has 1 aliphatic rings. The molecule has 1 unspecified atom stereocenters. The largest absolute Gasteiger partial charge is 0.444 e. The molecule has 1 fully saturated rings. The molecule has 0 radical (unpaired) electrons. The van der Waals surface area contributed by atoms with Crippen LogP contribution in [-0.4, -0.2) is 53.3 Å². The zero-order valence-corrected chi connectivity index (χ0v) is 14.0. The summed E-state index contributed by atoms with van der Waals surface area (Å²) in [5.74, 6) is -0.237. The minimum absolute atomic E-state index is 0.105. The van der Waals surface area contributed by atoms with Crippen molar-refractivity contribution in [3.63, 3.8) is 0 Å². The lowest BCUT2D eigenvalue weighted by molar-refractivity contribution is -0.122. The van der Waals surface area contributed by atoms with Crippen molar-refractivity contribution in [1.82, 2.24) is 4.90 Å². The summed E-state index contributed by atoms with van der Waals surface area (Å²) < 4.78 is 5.34. The van der Waals surface area contributed by atoms with E-state index in [1.807, 2.05) is 30.3 Å². The highest BCUT2D eigenvalue weighted by atomic mass is 16.6. The lowest BCUT2D eigenvalue weighted by Crippen LogP contribution is -2.48. The summed E-state index contributed by atoms with van der Waals surface area (Å²) in [5, 5.41) is 9.90. The van der Waals surface area contributed by atoms with E-state index in [-0.39, 0.29) is 18.9 Å². The number of benzene rings is 1. The van der Waals surface area contributed by atoms with Crippen LogP contribution in [0.3, 0.4) is 0 Å². The Bertz CT molecular complexity index is 568. The number of β-amino-alcohol motifs (C(OH)–C–C–N with tert-alkyl or cyclic N) is 1. The number of ether oxygens (including phenoxy) is 1. The number of hydrogen-bond donors (Lipinski definition) is 1. The van der Waals surface area contributed by atoms with Crippen molar-refractivity contribution in [3.8, 4) is 0 Å². The van der Waals surface area contributed by atoms with E-state index in [0.717, 1.165) is 5.69 Å². The fourth-order valence-corrected chi connectivity index (χ4v) is 2.57. The van der Waals surface area contributed by atoms with Crippen LogP contribution in [0.5, 0.6) is 0 Å². The lowest BCUT2D eigenvalue weighted by atomic mass is 10.1. The molecule has 23 heavy (non-hydrogen) atoms. The minimum atomic E-state index is -0.722. The fourth-order valence-electron chi connectivity index (χ4n) is 2.57. The van der Waals surface area contributed by atoms with Gasteiger partial charge in [-0.15, -0.1) is 0 Å². The number of para-hydroxylation sites is 1. The first-order valence-electron chi connectivity index (χ1n) is 7.69. The van der Waals surface area contributed by atoms with Gasteiger partial charge in [0, 0.05) is 19.2 Å². The third-order valence-corrected chi connectivity index (χ3v) is 3.67. The summed E-state index contributed by atoms with van der Waals surface area (Å²) >= 11 is 0. The van der Waals surface area contributed by atoms with Gasteiger partial charge in [0.2, 0.25) is 5.91 Å². The topological polar surface area (TPSA) is 70.1 Å². The van der Waals surface area contributed by atoms with E-state index < -0.39 is 23.8 Å². The average molecular weight is 320 g/mol. The van der Waals surface area contributed by atoms with E-state index in [2.05, 4.69) is 0 Å². The highest BCUT2D eigenvalue weighted by Gasteiger charge is 2.42. The zero-order chi connectivity index (χ0) is 17.2. The molecule has 0 saturated carbocycles. The van der Waals surface area contributed by atoms with Gasteiger partial charge in [-0.05, 0) is 32.9 Å². The van der Waals surface area contributed by atoms with Gasteiger partial charge >= 0.3 is 6.09 Å². The van der Waals surface area contributed by atoms with Crippen LogP contribution < -0.4 is 4.90 Å². The summed E-state index contributed by atoms with van der Waals surface area (Å²) in [7, 11) is 1.66. The van der Waals surface area contributed by atoms with Crippen molar-refractivity contribution in [2.24, 2.45) is 0 Å². The Morgan fingerprint density at radius 3 is 2.43 bits per heavy atom. The monoisotopic (exact) mass is 320 g/mol. The summed E-state index contributed by atoms with van der Waals surface area (Å²) in [6.07, 6.45) is -1.08. The first-order chi connectivity index (χ1) is 10.7. The maximum atomic E-state index is 12.7. The molecule has 0 aliphatic carbocycles. The molecule has 2 atom stereocenters. The standard InChI is InChI=1S/C17H24N2O4/c1-17(2,3)23-16(22)19-11-13(20)10-14(19)15(21)18(4)12-8-6-5-7-9-12/h5-9,13-14,20H,10-11H2,1-4H3/t13?,14-/m0/s1. The fraction of sp³-hybridized carbons (Fsp3) is 0.529. The molecule has 126 valence electrons. The van der Waals surface area contributed by atoms with E-state index >= 15 is 0 Å². The highest BCUT2D eigenvalue weighted by Crippen LogP contribution is 2.24. The summed E-state index contributed by atoms with van der Waals surface area (Å²) in [5.41, 5.74) is 0.0897. The first kappa shape index (κ1) is 17.3. The van der Waals surface area contributed by atoms with Crippen molar-refractivity contribution in [2.75, 3.05) is 18.5 Å². The van der Waals surface area contributed by atoms with E-state index in [4.69, 9.17) is 4.74 Å². The number of carbonyl (C=O) groups excluding carboxylic acids is 2. The Morgan fingerprint density at radius 1 is 1.26 bits per heavy atom. The molecule has 1 aromatic carbocycles. The molecular weight excluding hydrogens is 296 g/mol. The Kier molecular flexibility index (Phi) is 4.94. The van der Waals surface area contributed by atoms with Gasteiger partial charge < -0.3 is 14.7 Å². The van der Waals surface area contributed by atoms with Crippen LogP contribution in [0, 0.1) is 0 Å². The van der Waals surface area contributed by atoms with Crippen LogP contribution in [0.25, 0.3) is 0 Å². The van der Waals surface area contributed by atoms with Crippen LogP contribution in [0.15, 0.2) is 30.3 Å². The van der Waals surface area contributed by atoms with Gasteiger partial charge in [-0.3, -0.25) is 9.69 Å². The first-order valence-corrected chi connectivity index (χ1v) is 7.69. The quantitative estimate of drug-likeness (QED) is 0.905. The number of carbonyl (C=O) groups is 2. The van der Waals surface area contributed by atoms with Gasteiger partial charge in [-0.1, -0.05) is 18.2 Å². The number of rotatable bonds is 2. The molecule has 1 N–H and O–H groups in total. The number of likely N-dealkylation sites (tertiary alicyclic amines) is 1. The van der Waals surface area contributed by atoms with E-state index in [9.17, 15) is 14.7 Å². The van der Waals surface area contributed by atoms with Crippen LogP contribution in [0.2, 0.25) is 0 Å². The molecule has 0 aromatic heterocycles. The normalized spacial score (nSPS) is 21.2. The Labute approximate surface area is 136 Å². The summed E-state index contributed by atoms with van der Waals surface area (Å²) in [4.78, 5) is 27.9. The van der Waals surface area contributed by atoms with Gasteiger partial charge in [-0.2, -0.15) is 0 Å². The van der Waals surface area contributed by atoms with E-state index in [0.29, 0.717) is 0 Å². The van der Waals surface area contributed by atoms with Crippen molar-refractivity contribution < 1.29 is 19.4 Å². The Balaban J connectivity index is 2.15. The number of anilines is 1. The molecule has 6 nitrogen and oxygen atoms in total. The molecule has 2 rings (SSSR count). The number of likely N-dealkylation sites (N-methyl/N-ethyl adjacent to an activating group) is 1. The summed E-state index contributed by atoms with van der Waals surface area (Å²) in [6.45, 7) is 5.41. The van der Waals surface area contributed by atoms with Crippen molar-refractivity contribution in [2.45, 2.75) is 44.9 Å². The maximum absolute atomic E-state index is 12.7. The van der Waals surface area contributed by atoms with Crippen molar-refractivity contribution in [3.05, 3.63) is 30.3 Å². The smallest absolute Gasteiger partial charge is 0.411 e. The summed E-state index contributed by atoms with van der Waals surface area (Å²) in [6, 6.07) is 8.48. The number of aliphatic hydroxyl groups is 1. The van der Waals surface area contributed by atoms with Crippen LogP contribution in [0.1, 0.15) is 27.2 Å². The average Bonchev–Trinajstić information content (AvgIpc) is 2.87. The predicted molar refractivity (Wildman–Crippen MR) is 87.2 cm³/mol. The molecule has 1 aromatic rings. The molecule has 0 spiro atoms. The van der Waals surface area contributed by atoms with Gasteiger partial charge in [0.05, 0.1) is 12.6 Å². The molecule has 0 bridgehead atoms. The molecule has 1 aliphatic heterocycles. The van der Waals surface area contributed by atoms with E-state index in [1.165, 1.54) is 9.80 Å². The van der Waals surface area contributed by atoms with Crippen molar-refractivity contribution >= 4 is 17.7 Å². The number of nitrogens with zero attached hydrogens (tertiary/aromatic N) is 2. The SMILES string of the molecule is CN(C(=O)[C@@H]1CC(O)CN1C(=O)OC(C)(C)C)c1ccccc1. The van der Waals surface area contributed by atoms with Gasteiger partial charge in [-0.25, -0.2) is 4.79 Å². The van der Waals surface area contributed by atoms with Gasteiger partial charge in [0.25, 0.3) is 0 Å². The van der Waals surface area contributed by atoms with Crippen LogP contribution >= 0.6 is 0 Å². The Morgan fingerprint density at radius 2 is 1.87 bits per heavy atom. The second kappa shape index (κ2) is 6.58. The Hall–Kier alpha value is -2.08. The second-order valence-corrected chi connectivity index (χ2v) is 6.77. The molecule has 1 saturated heterocycles. The highest BCUT2D eigenvalue weighted by molar-refractivity contribution is 5.98. The molecule has 2 amide bonds. The molecular formula is C17H24N2O4. The second-order valence-electron chi connectivity index (χ2n) is 6.77. The molecule has 6 heteroatoms. The van der Waals surface area contributed by atoms with Crippen molar-refractivity contribution in [1.29, 1.82) is 0 Å². The van der Waals surface area contributed by atoms with Crippen LogP contribution in [0.4, 0.5) is 10.5 Å².